The highest BCUT2D eigenvalue weighted by Gasteiger charge is 2.34. The molecule has 3 aromatic rings. The van der Waals surface area contributed by atoms with E-state index in [4.69, 9.17) is 27.9 Å². The summed E-state index contributed by atoms with van der Waals surface area (Å²) in [5.74, 6) is -0.346. The number of thioether (sulfide) groups is 1. The molecule has 12 heteroatoms. The number of carbonyl (C=O) groups is 2. The summed E-state index contributed by atoms with van der Waals surface area (Å²) < 4.78 is 34.8. The lowest BCUT2D eigenvalue weighted by Gasteiger charge is -2.33. The van der Waals surface area contributed by atoms with Crippen LogP contribution in [0.25, 0.3) is 0 Å². The molecular formula is C32H37Cl2N3O5S2. The number of nitrogens with one attached hydrogen (secondary N) is 1. The Kier molecular flexibility index (Phi) is 11.9. The van der Waals surface area contributed by atoms with Gasteiger partial charge in [0, 0.05) is 33.1 Å². The van der Waals surface area contributed by atoms with Crippen LogP contribution < -0.4 is 14.4 Å². The van der Waals surface area contributed by atoms with E-state index in [1.807, 2.05) is 13.2 Å². The standard InChI is InChI=1S/C32H37Cl2N3O5S2/c1-4-42-25-14-12-24(13-15-25)37(44(40,41)27-18-16-26(43-3)17-19-27)21-31(38)36(20-28-29(33)10-7-11-30(28)34)22(2)32(39)35-23-8-5-6-9-23/h7,10-19,22-23H,4-6,8-9,20-21H2,1-3H3,(H,35,39)/t22-/m1/s1. The van der Waals surface area contributed by atoms with E-state index in [2.05, 4.69) is 5.32 Å². The SMILES string of the molecule is CCOc1ccc(N(CC(=O)N(Cc2c(Cl)cccc2Cl)[C@H](C)C(=O)NC2CCCC2)S(=O)(=O)c2ccc(SC)cc2)cc1. The van der Waals surface area contributed by atoms with Gasteiger partial charge in [0.2, 0.25) is 11.8 Å². The quantitative estimate of drug-likeness (QED) is 0.200. The van der Waals surface area contributed by atoms with Crippen LogP contribution in [-0.2, 0) is 26.2 Å². The smallest absolute Gasteiger partial charge is 0.264 e. The highest BCUT2D eigenvalue weighted by Crippen LogP contribution is 2.30. The van der Waals surface area contributed by atoms with Crippen molar-refractivity contribution in [2.75, 3.05) is 23.7 Å². The van der Waals surface area contributed by atoms with Crippen molar-refractivity contribution in [2.24, 2.45) is 0 Å². The Labute approximate surface area is 274 Å². The molecule has 0 saturated heterocycles. The molecule has 0 radical (unpaired) electrons. The Morgan fingerprint density at radius 1 is 1.00 bits per heavy atom. The van der Waals surface area contributed by atoms with Crippen molar-refractivity contribution in [3.63, 3.8) is 0 Å². The highest BCUT2D eigenvalue weighted by atomic mass is 35.5. The van der Waals surface area contributed by atoms with Crippen molar-refractivity contribution in [3.8, 4) is 5.75 Å². The van der Waals surface area contributed by atoms with Crippen molar-refractivity contribution in [3.05, 3.63) is 82.3 Å². The fraction of sp³-hybridized carbons (Fsp3) is 0.375. The fourth-order valence-electron chi connectivity index (χ4n) is 5.11. The third kappa shape index (κ3) is 8.21. The number of hydrogen-bond acceptors (Lipinski definition) is 6. The minimum absolute atomic E-state index is 0.0321. The number of halogens is 2. The summed E-state index contributed by atoms with van der Waals surface area (Å²) in [6.45, 7) is 3.27. The van der Waals surface area contributed by atoms with Crippen LogP contribution in [0.5, 0.6) is 5.75 Å². The monoisotopic (exact) mass is 677 g/mol. The molecule has 1 N–H and O–H groups in total. The number of sulfonamides is 1. The number of nitrogens with zero attached hydrogens (tertiary/aromatic N) is 2. The molecule has 1 atom stereocenters. The number of rotatable bonds is 13. The minimum Gasteiger partial charge on any atom is -0.494 e. The van der Waals surface area contributed by atoms with Crippen molar-refractivity contribution < 1.29 is 22.7 Å². The molecule has 236 valence electrons. The summed E-state index contributed by atoms with van der Waals surface area (Å²) in [6.07, 6.45) is 5.72. The zero-order valence-electron chi connectivity index (χ0n) is 25.0. The molecule has 0 spiro atoms. The number of carbonyl (C=O) groups excluding carboxylic acids is 2. The maximum absolute atomic E-state index is 14.2. The van der Waals surface area contributed by atoms with Gasteiger partial charge in [-0.15, -0.1) is 11.8 Å². The van der Waals surface area contributed by atoms with Crippen molar-refractivity contribution in [1.82, 2.24) is 10.2 Å². The van der Waals surface area contributed by atoms with Gasteiger partial charge in [-0.05, 0) is 93.6 Å². The lowest BCUT2D eigenvalue weighted by molar-refractivity contribution is -0.139. The molecule has 0 heterocycles. The first-order chi connectivity index (χ1) is 21.0. The third-order valence-corrected chi connectivity index (χ3v) is 10.9. The Bertz CT molecular complexity index is 1530. The van der Waals surface area contributed by atoms with Crippen molar-refractivity contribution in [1.29, 1.82) is 0 Å². The van der Waals surface area contributed by atoms with E-state index >= 15 is 0 Å². The first-order valence-corrected chi connectivity index (χ1v) is 17.9. The van der Waals surface area contributed by atoms with Gasteiger partial charge in [0.1, 0.15) is 18.3 Å². The average Bonchev–Trinajstić information content (AvgIpc) is 3.53. The molecule has 1 aliphatic carbocycles. The van der Waals surface area contributed by atoms with Gasteiger partial charge >= 0.3 is 0 Å². The first kappa shape index (κ1) is 34.0. The van der Waals surface area contributed by atoms with E-state index in [1.54, 1.807) is 61.5 Å². The maximum Gasteiger partial charge on any atom is 0.264 e. The van der Waals surface area contributed by atoms with Crippen molar-refractivity contribution in [2.45, 2.75) is 68.0 Å². The molecule has 0 bridgehead atoms. The number of benzene rings is 3. The van der Waals surface area contributed by atoms with Crippen LogP contribution in [0, 0.1) is 0 Å². The Balaban J connectivity index is 1.72. The second-order valence-electron chi connectivity index (χ2n) is 10.5. The maximum atomic E-state index is 14.2. The van der Waals surface area contributed by atoms with Crippen LogP contribution in [0.4, 0.5) is 5.69 Å². The number of ether oxygens (including phenoxy) is 1. The number of hydrogen-bond donors (Lipinski definition) is 1. The molecule has 3 aromatic carbocycles. The molecule has 44 heavy (non-hydrogen) atoms. The minimum atomic E-state index is -4.20. The zero-order valence-corrected chi connectivity index (χ0v) is 28.1. The fourth-order valence-corrected chi connectivity index (χ4v) is 7.45. The van der Waals surface area contributed by atoms with Gasteiger partial charge < -0.3 is 15.0 Å². The Morgan fingerprint density at radius 3 is 2.18 bits per heavy atom. The first-order valence-electron chi connectivity index (χ1n) is 14.5. The Morgan fingerprint density at radius 2 is 1.61 bits per heavy atom. The molecule has 1 aliphatic rings. The zero-order chi connectivity index (χ0) is 31.9. The second kappa shape index (κ2) is 15.4. The predicted molar refractivity (Wildman–Crippen MR) is 177 cm³/mol. The van der Waals surface area contributed by atoms with E-state index in [9.17, 15) is 18.0 Å². The number of amides is 2. The summed E-state index contributed by atoms with van der Waals surface area (Å²) in [5, 5.41) is 3.73. The molecule has 1 fully saturated rings. The van der Waals surface area contributed by atoms with E-state index in [1.165, 1.54) is 28.8 Å². The van der Waals surface area contributed by atoms with Crippen molar-refractivity contribution >= 4 is 62.5 Å². The van der Waals surface area contributed by atoms with Crippen LogP contribution in [0.15, 0.2) is 76.5 Å². The molecule has 1 saturated carbocycles. The van der Waals surface area contributed by atoms with E-state index in [-0.39, 0.29) is 29.1 Å². The van der Waals surface area contributed by atoms with Crippen LogP contribution in [-0.4, -0.2) is 56.6 Å². The van der Waals surface area contributed by atoms with E-state index in [0.717, 1.165) is 34.9 Å². The summed E-state index contributed by atoms with van der Waals surface area (Å²) in [6, 6.07) is 17.1. The third-order valence-electron chi connectivity index (χ3n) is 7.62. The highest BCUT2D eigenvalue weighted by molar-refractivity contribution is 7.98. The number of anilines is 1. The molecule has 0 aromatic heterocycles. The van der Waals surface area contributed by atoms with E-state index < -0.39 is 28.5 Å². The Hall–Kier alpha value is -2.92. The van der Waals surface area contributed by atoms with Gasteiger partial charge in [-0.25, -0.2) is 8.42 Å². The molecule has 0 aliphatic heterocycles. The van der Waals surface area contributed by atoms with Gasteiger partial charge in [0.25, 0.3) is 10.0 Å². The normalized spacial score (nSPS) is 14.2. The van der Waals surface area contributed by atoms with Crippen LogP contribution in [0.1, 0.15) is 45.1 Å². The summed E-state index contributed by atoms with van der Waals surface area (Å²) in [4.78, 5) is 29.9. The van der Waals surface area contributed by atoms with Crippen LogP contribution in [0.2, 0.25) is 10.0 Å². The van der Waals surface area contributed by atoms with Crippen LogP contribution >= 0.6 is 35.0 Å². The van der Waals surface area contributed by atoms with Gasteiger partial charge in [-0.3, -0.25) is 13.9 Å². The van der Waals surface area contributed by atoms with Gasteiger partial charge in [-0.2, -0.15) is 0 Å². The summed E-state index contributed by atoms with van der Waals surface area (Å²) in [5.41, 5.74) is 0.738. The largest absolute Gasteiger partial charge is 0.494 e. The van der Waals surface area contributed by atoms with Gasteiger partial charge in [-0.1, -0.05) is 42.1 Å². The second-order valence-corrected chi connectivity index (χ2v) is 14.1. The average molecular weight is 679 g/mol. The summed E-state index contributed by atoms with van der Waals surface area (Å²) in [7, 11) is -4.20. The lowest BCUT2D eigenvalue weighted by atomic mass is 10.1. The van der Waals surface area contributed by atoms with Crippen LogP contribution in [0.3, 0.4) is 0 Å². The molecule has 4 rings (SSSR count). The molecule has 8 nitrogen and oxygen atoms in total. The predicted octanol–water partition coefficient (Wildman–Crippen LogP) is 6.79. The van der Waals surface area contributed by atoms with E-state index in [0.29, 0.717) is 28.0 Å². The van der Waals surface area contributed by atoms with Gasteiger partial charge in [0.05, 0.1) is 17.2 Å². The molecule has 0 unspecified atom stereocenters. The van der Waals surface area contributed by atoms with Gasteiger partial charge in [0.15, 0.2) is 0 Å². The molecular weight excluding hydrogens is 641 g/mol. The summed E-state index contributed by atoms with van der Waals surface area (Å²) >= 11 is 14.4. The lowest BCUT2D eigenvalue weighted by Crippen LogP contribution is -2.52. The molecule has 2 amide bonds. The topological polar surface area (TPSA) is 96.0 Å².